The minimum absolute atomic E-state index is 0.626. The average molecular weight is 232 g/mol. The lowest BCUT2D eigenvalue weighted by Gasteiger charge is -2.36. The second-order valence-electron chi connectivity index (χ2n) is 5.40. The molecule has 0 saturated carbocycles. The lowest BCUT2D eigenvalue weighted by molar-refractivity contribution is 0.529. The monoisotopic (exact) mass is 232 g/mol. The quantitative estimate of drug-likeness (QED) is 0.862. The molecular weight excluding hydrogens is 208 g/mol. The summed E-state index contributed by atoms with van der Waals surface area (Å²) in [7, 11) is 4.25. The smallest absolute Gasteiger partial charge is 0.0414 e. The molecule has 2 rings (SSSR count). The molecule has 0 aliphatic carbocycles. The zero-order valence-electron chi connectivity index (χ0n) is 11.5. The van der Waals surface area contributed by atoms with Crippen LogP contribution in [-0.4, -0.2) is 26.7 Å². The van der Waals surface area contributed by atoms with Crippen LogP contribution in [0.25, 0.3) is 0 Å². The molecule has 1 heterocycles. The normalized spacial score (nSPS) is 19.6. The van der Waals surface area contributed by atoms with Crippen LogP contribution in [0.15, 0.2) is 18.2 Å². The molecule has 1 unspecified atom stereocenters. The highest BCUT2D eigenvalue weighted by Gasteiger charge is 2.22. The molecule has 1 atom stereocenters. The summed E-state index contributed by atoms with van der Waals surface area (Å²) in [5.41, 5.74) is 4.40. The first-order valence-corrected chi connectivity index (χ1v) is 6.63. The highest BCUT2D eigenvalue weighted by atomic mass is 15.2. The van der Waals surface area contributed by atoms with Crippen LogP contribution in [0.1, 0.15) is 37.3 Å². The van der Waals surface area contributed by atoms with Crippen LogP contribution in [0.2, 0.25) is 0 Å². The fraction of sp³-hybridized carbons (Fsp3) is 0.600. The Balaban J connectivity index is 2.26. The Morgan fingerprint density at radius 2 is 2.18 bits per heavy atom. The minimum Gasteiger partial charge on any atom is -0.370 e. The number of hydrogen-bond acceptors (Lipinski definition) is 2. The third-order valence-electron chi connectivity index (χ3n) is 3.88. The van der Waals surface area contributed by atoms with Crippen LogP contribution in [0.5, 0.6) is 0 Å². The van der Waals surface area contributed by atoms with Gasteiger partial charge in [-0.25, -0.2) is 0 Å². The van der Waals surface area contributed by atoms with Gasteiger partial charge in [-0.1, -0.05) is 26.0 Å². The van der Waals surface area contributed by atoms with Crippen LogP contribution in [0.3, 0.4) is 0 Å². The van der Waals surface area contributed by atoms with Crippen molar-refractivity contribution < 1.29 is 0 Å². The molecule has 0 amide bonds. The standard InChI is InChI=1S/C15H24N2/c1-11(2)12-6-8-15-13(9-12)5-7-14(10-16-3)17(15)4/h6,8-9,11,14,16H,5,7,10H2,1-4H3. The Morgan fingerprint density at radius 3 is 2.82 bits per heavy atom. The number of aryl methyl sites for hydroxylation is 1. The molecule has 2 nitrogen and oxygen atoms in total. The largest absolute Gasteiger partial charge is 0.370 e. The highest BCUT2D eigenvalue weighted by molar-refractivity contribution is 5.57. The number of rotatable bonds is 3. The summed E-state index contributed by atoms with van der Waals surface area (Å²) in [6, 6.07) is 7.61. The van der Waals surface area contributed by atoms with E-state index in [9.17, 15) is 0 Å². The number of hydrogen-bond donors (Lipinski definition) is 1. The SMILES string of the molecule is CNCC1CCc2cc(C(C)C)ccc2N1C. The van der Waals surface area contributed by atoms with E-state index in [1.807, 2.05) is 7.05 Å². The summed E-state index contributed by atoms with van der Waals surface area (Å²) >= 11 is 0. The second-order valence-corrected chi connectivity index (χ2v) is 5.40. The summed E-state index contributed by atoms with van der Waals surface area (Å²) in [6.07, 6.45) is 2.47. The molecule has 0 radical (unpaired) electrons. The van der Waals surface area contributed by atoms with Gasteiger partial charge in [0.1, 0.15) is 0 Å². The Morgan fingerprint density at radius 1 is 1.41 bits per heavy atom. The molecule has 0 fully saturated rings. The number of likely N-dealkylation sites (N-methyl/N-ethyl adjacent to an activating group) is 2. The van der Waals surface area contributed by atoms with E-state index in [4.69, 9.17) is 0 Å². The molecule has 17 heavy (non-hydrogen) atoms. The molecule has 0 spiro atoms. The Labute approximate surface area is 105 Å². The van der Waals surface area contributed by atoms with Gasteiger partial charge in [0.15, 0.2) is 0 Å². The second kappa shape index (κ2) is 5.09. The topological polar surface area (TPSA) is 15.3 Å². The van der Waals surface area contributed by atoms with Crippen molar-refractivity contribution in [1.82, 2.24) is 5.32 Å². The van der Waals surface area contributed by atoms with Gasteiger partial charge in [0, 0.05) is 25.3 Å². The fourth-order valence-corrected chi connectivity index (χ4v) is 2.70. The summed E-state index contributed by atoms with van der Waals surface area (Å²) < 4.78 is 0. The van der Waals surface area contributed by atoms with E-state index >= 15 is 0 Å². The first-order valence-electron chi connectivity index (χ1n) is 6.63. The van der Waals surface area contributed by atoms with Gasteiger partial charge < -0.3 is 10.2 Å². The predicted molar refractivity (Wildman–Crippen MR) is 75.0 cm³/mol. The van der Waals surface area contributed by atoms with Crippen LogP contribution in [0.4, 0.5) is 5.69 Å². The maximum Gasteiger partial charge on any atom is 0.0414 e. The fourth-order valence-electron chi connectivity index (χ4n) is 2.70. The van der Waals surface area contributed by atoms with E-state index in [-0.39, 0.29) is 0 Å². The molecule has 1 aromatic carbocycles. The van der Waals surface area contributed by atoms with Crippen LogP contribution >= 0.6 is 0 Å². The summed E-state index contributed by atoms with van der Waals surface area (Å²) in [4.78, 5) is 2.43. The first kappa shape index (κ1) is 12.4. The van der Waals surface area contributed by atoms with Gasteiger partial charge >= 0.3 is 0 Å². The Kier molecular flexibility index (Phi) is 3.72. The van der Waals surface area contributed by atoms with Crippen molar-refractivity contribution in [2.24, 2.45) is 0 Å². The van der Waals surface area contributed by atoms with Gasteiger partial charge in [-0.2, -0.15) is 0 Å². The highest BCUT2D eigenvalue weighted by Crippen LogP contribution is 2.31. The summed E-state index contributed by atoms with van der Waals surface area (Å²) in [5.74, 6) is 0.626. The number of nitrogens with one attached hydrogen (secondary N) is 1. The molecule has 0 saturated heterocycles. The van der Waals surface area contributed by atoms with Gasteiger partial charge in [0.05, 0.1) is 0 Å². The van der Waals surface area contributed by atoms with Crippen molar-refractivity contribution in [2.45, 2.75) is 38.6 Å². The predicted octanol–water partition coefficient (Wildman–Crippen LogP) is 2.78. The van der Waals surface area contributed by atoms with Gasteiger partial charge in [-0.3, -0.25) is 0 Å². The van der Waals surface area contributed by atoms with Gasteiger partial charge in [0.25, 0.3) is 0 Å². The van der Waals surface area contributed by atoms with Crippen molar-refractivity contribution in [1.29, 1.82) is 0 Å². The molecule has 0 aromatic heterocycles. The maximum absolute atomic E-state index is 3.29. The van der Waals surface area contributed by atoms with Crippen molar-refractivity contribution in [3.05, 3.63) is 29.3 Å². The maximum atomic E-state index is 3.29. The van der Waals surface area contributed by atoms with Crippen molar-refractivity contribution in [2.75, 3.05) is 25.5 Å². The van der Waals surface area contributed by atoms with E-state index < -0.39 is 0 Å². The number of benzene rings is 1. The van der Waals surface area contributed by atoms with Gasteiger partial charge in [0.2, 0.25) is 0 Å². The molecule has 1 aliphatic heterocycles. The lowest BCUT2D eigenvalue weighted by atomic mass is 9.92. The van der Waals surface area contributed by atoms with Crippen LogP contribution in [-0.2, 0) is 6.42 Å². The Bertz CT molecular complexity index is 385. The molecule has 1 aliphatic rings. The van der Waals surface area contributed by atoms with Crippen molar-refractivity contribution >= 4 is 5.69 Å². The molecule has 94 valence electrons. The summed E-state index contributed by atoms with van der Waals surface area (Å²) in [6.45, 7) is 5.60. The molecule has 1 aromatic rings. The van der Waals surface area contributed by atoms with E-state index in [0.717, 1.165) is 6.54 Å². The van der Waals surface area contributed by atoms with Gasteiger partial charge in [-0.05, 0) is 43.0 Å². The van der Waals surface area contributed by atoms with Crippen LogP contribution < -0.4 is 10.2 Å². The first-order chi connectivity index (χ1) is 8.13. The molecular formula is C15H24N2. The summed E-state index contributed by atoms with van der Waals surface area (Å²) in [5, 5.41) is 3.29. The third-order valence-corrected chi connectivity index (χ3v) is 3.88. The third kappa shape index (κ3) is 2.47. The number of nitrogens with zero attached hydrogens (tertiary/aromatic N) is 1. The van der Waals surface area contributed by atoms with E-state index in [1.54, 1.807) is 0 Å². The zero-order chi connectivity index (χ0) is 12.4. The Hall–Kier alpha value is -1.02. The molecule has 0 bridgehead atoms. The van der Waals surface area contributed by atoms with Crippen LogP contribution in [0, 0.1) is 0 Å². The molecule has 2 heteroatoms. The van der Waals surface area contributed by atoms with E-state index in [1.165, 1.54) is 29.7 Å². The van der Waals surface area contributed by atoms with E-state index in [0.29, 0.717) is 12.0 Å². The lowest BCUT2D eigenvalue weighted by Crippen LogP contribution is -2.42. The number of fused-ring (bicyclic) bond motifs is 1. The molecule has 1 N–H and O–H groups in total. The minimum atomic E-state index is 0.626. The van der Waals surface area contributed by atoms with E-state index in [2.05, 4.69) is 49.3 Å². The number of anilines is 1. The zero-order valence-corrected chi connectivity index (χ0v) is 11.5. The van der Waals surface area contributed by atoms with Crippen molar-refractivity contribution in [3.8, 4) is 0 Å². The van der Waals surface area contributed by atoms with Gasteiger partial charge in [-0.15, -0.1) is 0 Å². The average Bonchev–Trinajstić information content (AvgIpc) is 2.32. The van der Waals surface area contributed by atoms with Crippen molar-refractivity contribution in [3.63, 3.8) is 0 Å².